The molecule has 3 heteroatoms. The first kappa shape index (κ1) is 12.4. The Bertz CT molecular complexity index is 403. The van der Waals surface area contributed by atoms with E-state index in [2.05, 4.69) is 6.07 Å². The molecule has 17 heavy (non-hydrogen) atoms. The molecule has 0 saturated carbocycles. The number of nitrogens with one attached hydrogen (secondary N) is 1. The van der Waals surface area contributed by atoms with Crippen molar-refractivity contribution < 1.29 is 4.90 Å². The zero-order chi connectivity index (χ0) is 12.1. The average Bonchev–Trinajstić information content (AvgIpc) is 2.62. The molecule has 0 unspecified atom stereocenters. The lowest BCUT2D eigenvalue weighted by molar-refractivity contribution is -0.922. The predicted octanol–water partition coefficient (Wildman–Crippen LogP) is 2.36. The van der Waals surface area contributed by atoms with Crippen molar-refractivity contribution in [2.45, 2.75) is 31.7 Å². The van der Waals surface area contributed by atoms with Gasteiger partial charge in [-0.1, -0.05) is 29.8 Å². The van der Waals surface area contributed by atoms with Gasteiger partial charge in [-0.25, -0.2) is 0 Å². The van der Waals surface area contributed by atoms with Crippen LogP contribution in [0.25, 0.3) is 0 Å². The normalized spacial score (nSPS) is 19.3. The number of hydrogen-bond donors (Lipinski definition) is 1. The van der Waals surface area contributed by atoms with Crippen LogP contribution in [-0.4, -0.2) is 13.1 Å². The maximum atomic E-state index is 9.42. The summed E-state index contributed by atoms with van der Waals surface area (Å²) >= 11 is 6.19. The summed E-state index contributed by atoms with van der Waals surface area (Å²) in [5.41, 5.74) is 0.980. The van der Waals surface area contributed by atoms with Crippen LogP contribution in [-0.2, 0) is 0 Å². The first-order valence-corrected chi connectivity index (χ1v) is 6.69. The van der Waals surface area contributed by atoms with Gasteiger partial charge in [0.2, 0.25) is 6.04 Å². The highest BCUT2D eigenvalue weighted by Crippen LogP contribution is 2.20. The van der Waals surface area contributed by atoms with Gasteiger partial charge in [0.25, 0.3) is 0 Å². The van der Waals surface area contributed by atoms with Crippen LogP contribution in [0.4, 0.5) is 0 Å². The molecule has 1 aromatic carbocycles. The Labute approximate surface area is 108 Å². The number of nitriles is 1. The van der Waals surface area contributed by atoms with Gasteiger partial charge in [-0.15, -0.1) is 0 Å². The molecule has 0 bridgehead atoms. The van der Waals surface area contributed by atoms with Crippen molar-refractivity contribution in [1.29, 1.82) is 5.26 Å². The quantitative estimate of drug-likeness (QED) is 0.857. The second kappa shape index (κ2) is 6.05. The van der Waals surface area contributed by atoms with E-state index in [1.54, 1.807) is 0 Å². The molecular weight excluding hydrogens is 232 g/mol. The molecule has 2 rings (SSSR count). The molecule has 1 N–H and O–H groups in total. The van der Waals surface area contributed by atoms with Gasteiger partial charge in [0.1, 0.15) is 6.07 Å². The van der Waals surface area contributed by atoms with E-state index in [9.17, 15) is 5.26 Å². The number of likely N-dealkylation sites (tertiary alicyclic amines) is 1. The van der Waals surface area contributed by atoms with Crippen molar-refractivity contribution >= 4 is 11.6 Å². The van der Waals surface area contributed by atoms with Gasteiger partial charge >= 0.3 is 0 Å². The molecule has 0 spiro atoms. The predicted molar refractivity (Wildman–Crippen MR) is 69.0 cm³/mol. The van der Waals surface area contributed by atoms with Crippen molar-refractivity contribution in [2.75, 3.05) is 13.1 Å². The highest BCUT2D eigenvalue weighted by molar-refractivity contribution is 6.31. The van der Waals surface area contributed by atoms with Gasteiger partial charge in [0.15, 0.2) is 0 Å². The number of benzene rings is 1. The van der Waals surface area contributed by atoms with E-state index in [1.165, 1.54) is 30.6 Å². The van der Waals surface area contributed by atoms with Gasteiger partial charge < -0.3 is 4.90 Å². The van der Waals surface area contributed by atoms with Gasteiger partial charge in [0.05, 0.1) is 18.1 Å². The lowest BCUT2D eigenvalue weighted by Gasteiger charge is -2.23. The van der Waals surface area contributed by atoms with Crippen molar-refractivity contribution in [3.05, 3.63) is 34.9 Å². The number of hydrogen-bond acceptors (Lipinski definition) is 1. The topological polar surface area (TPSA) is 28.2 Å². The van der Waals surface area contributed by atoms with Gasteiger partial charge in [-0.3, -0.25) is 0 Å². The molecule has 0 aromatic heterocycles. The van der Waals surface area contributed by atoms with E-state index >= 15 is 0 Å². The molecular formula is C14H18ClN2+. The number of halogens is 1. The summed E-state index contributed by atoms with van der Waals surface area (Å²) in [6.45, 7) is 2.17. The number of rotatable bonds is 2. The Kier molecular flexibility index (Phi) is 4.42. The molecule has 90 valence electrons. The summed E-state index contributed by atoms with van der Waals surface area (Å²) in [7, 11) is 0. The zero-order valence-corrected chi connectivity index (χ0v) is 10.7. The summed E-state index contributed by atoms with van der Waals surface area (Å²) in [5.74, 6) is 0. The molecule has 1 fully saturated rings. The van der Waals surface area contributed by atoms with Crippen LogP contribution < -0.4 is 4.90 Å². The molecule has 0 amide bonds. The van der Waals surface area contributed by atoms with Crippen molar-refractivity contribution in [2.24, 2.45) is 0 Å². The van der Waals surface area contributed by atoms with E-state index in [4.69, 9.17) is 11.6 Å². The SMILES string of the molecule is N#C[C@@H](c1ccccc1Cl)[NH+]1CCCCCC1. The number of quaternary nitrogens is 1. The third-order valence-electron chi connectivity index (χ3n) is 3.50. The first-order valence-electron chi connectivity index (χ1n) is 6.31. The Balaban J connectivity index is 2.21. The second-order valence-corrected chi connectivity index (χ2v) is 5.06. The Morgan fingerprint density at radius 2 is 1.76 bits per heavy atom. The molecule has 0 aliphatic carbocycles. The molecule has 1 aliphatic rings. The molecule has 1 aromatic rings. The van der Waals surface area contributed by atoms with Crippen molar-refractivity contribution in [3.8, 4) is 6.07 Å². The zero-order valence-electron chi connectivity index (χ0n) is 9.95. The molecule has 0 radical (unpaired) electrons. The van der Waals surface area contributed by atoms with E-state index in [1.807, 2.05) is 24.3 Å². The van der Waals surface area contributed by atoms with E-state index in [0.29, 0.717) is 0 Å². The minimum absolute atomic E-state index is 0.109. The fraction of sp³-hybridized carbons (Fsp3) is 0.500. The highest BCUT2D eigenvalue weighted by Gasteiger charge is 2.26. The highest BCUT2D eigenvalue weighted by atomic mass is 35.5. The van der Waals surface area contributed by atoms with Crippen LogP contribution >= 0.6 is 11.6 Å². The lowest BCUT2D eigenvalue weighted by atomic mass is 10.1. The molecule has 1 heterocycles. The maximum absolute atomic E-state index is 9.42. The summed E-state index contributed by atoms with van der Waals surface area (Å²) < 4.78 is 0. The molecule has 2 nitrogen and oxygen atoms in total. The third-order valence-corrected chi connectivity index (χ3v) is 3.84. The summed E-state index contributed by atoms with van der Waals surface area (Å²) in [6.07, 6.45) is 5.03. The van der Waals surface area contributed by atoms with Crippen LogP contribution in [0.3, 0.4) is 0 Å². The molecule has 1 atom stereocenters. The van der Waals surface area contributed by atoms with E-state index in [-0.39, 0.29) is 6.04 Å². The van der Waals surface area contributed by atoms with Gasteiger partial charge in [0, 0.05) is 5.56 Å². The largest absolute Gasteiger partial charge is 0.317 e. The monoisotopic (exact) mass is 249 g/mol. The van der Waals surface area contributed by atoms with Crippen molar-refractivity contribution in [3.63, 3.8) is 0 Å². The van der Waals surface area contributed by atoms with Crippen LogP contribution in [0.5, 0.6) is 0 Å². The van der Waals surface area contributed by atoms with Gasteiger partial charge in [-0.2, -0.15) is 5.26 Å². The standard InChI is InChI=1S/C14H17ClN2/c15-13-8-4-3-7-12(13)14(11-16)17-9-5-1-2-6-10-17/h3-4,7-8,14H,1-2,5-6,9-10H2/p+1/t14-/m0/s1. The Morgan fingerprint density at radius 1 is 1.12 bits per heavy atom. The Morgan fingerprint density at radius 3 is 2.35 bits per heavy atom. The van der Waals surface area contributed by atoms with E-state index < -0.39 is 0 Å². The number of nitrogens with zero attached hydrogens (tertiary/aromatic N) is 1. The smallest absolute Gasteiger partial charge is 0.202 e. The fourth-order valence-electron chi connectivity index (χ4n) is 2.56. The summed E-state index contributed by atoms with van der Waals surface area (Å²) in [4.78, 5) is 1.37. The fourth-order valence-corrected chi connectivity index (χ4v) is 2.81. The van der Waals surface area contributed by atoms with Crippen LogP contribution in [0.15, 0.2) is 24.3 Å². The van der Waals surface area contributed by atoms with Crippen LogP contribution in [0.1, 0.15) is 37.3 Å². The second-order valence-electron chi connectivity index (χ2n) is 4.66. The lowest BCUT2D eigenvalue weighted by Crippen LogP contribution is -3.12. The van der Waals surface area contributed by atoms with Crippen LogP contribution in [0, 0.1) is 11.3 Å². The summed E-state index contributed by atoms with van der Waals surface area (Å²) in [6, 6.07) is 10.1. The molecule has 1 aliphatic heterocycles. The van der Waals surface area contributed by atoms with Crippen molar-refractivity contribution in [1.82, 2.24) is 0 Å². The third kappa shape index (κ3) is 3.00. The molecule has 1 saturated heterocycles. The summed E-state index contributed by atoms with van der Waals surface area (Å²) in [5, 5.41) is 10.1. The average molecular weight is 250 g/mol. The maximum Gasteiger partial charge on any atom is 0.202 e. The first-order chi connectivity index (χ1) is 8.33. The van der Waals surface area contributed by atoms with E-state index in [0.717, 1.165) is 23.7 Å². The Hall–Kier alpha value is -1.04. The van der Waals surface area contributed by atoms with Crippen LogP contribution in [0.2, 0.25) is 5.02 Å². The minimum atomic E-state index is -0.109. The minimum Gasteiger partial charge on any atom is -0.317 e. The van der Waals surface area contributed by atoms with Gasteiger partial charge in [-0.05, 0) is 31.7 Å².